The molecule has 3 N–H and O–H groups in total. The lowest BCUT2D eigenvalue weighted by atomic mass is 10.0. The third-order valence-electron chi connectivity index (χ3n) is 2.80. The van der Waals surface area contributed by atoms with Crippen LogP contribution in [0.4, 0.5) is 0 Å². The van der Waals surface area contributed by atoms with Crippen LogP contribution in [0.3, 0.4) is 0 Å². The van der Waals surface area contributed by atoms with E-state index in [1.165, 1.54) is 0 Å². The number of nitrogens with one attached hydrogen (secondary N) is 1. The molecule has 0 unspecified atom stereocenters. The maximum atomic E-state index is 11.7. The Morgan fingerprint density at radius 1 is 1.44 bits per heavy atom. The summed E-state index contributed by atoms with van der Waals surface area (Å²) in [4.78, 5) is 11.7. The van der Waals surface area contributed by atoms with Gasteiger partial charge in [-0.05, 0) is 25.2 Å². The standard InChI is InChI=1S/C11H22N2O2S/c1-8(2)7-10(12)11(14)13-9-3-5-16(15)6-4-9/h8-10H,3-7,12H2,1-2H3,(H,13,14)/t9?,10-,16?/m0/s1. The van der Waals surface area contributed by atoms with Crippen molar-refractivity contribution in [3.8, 4) is 0 Å². The summed E-state index contributed by atoms with van der Waals surface area (Å²) < 4.78 is 11.1. The van der Waals surface area contributed by atoms with E-state index in [0.29, 0.717) is 23.8 Å². The van der Waals surface area contributed by atoms with E-state index >= 15 is 0 Å². The van der Waals surface area contributed by atoms with Gasteiger partial charge in [0, 0.05) is 28.3 Å². The molecule has 1 saturated heterocycles. The van der Waals surface area contributed by atoms with Crippen molar-refractivity contribution in [2.24, 2.45) is 11.7 Å². The lowest BCUT2D eigenvalue weighted by Crippen LogP contribution is -2.47. The summed E-state index contributed by atoms with van der Waals surface area (Å²) in [6.45, 7) is 4.10. The van der Waals surface area contributed by atoms with Crippen LogP contribution >= 0.6 is 0 Å². The largest absolute Gasteiger partial charge is 0.352 e. The Labute approximate surface area is 99.8 Å². The van der Waals surface area contributed by atoms with Gasteiger partial charge in [0.15, 0.2) is 0 Å². The molecular weight excluding hydrogens is 224 g/mol. The molecule has 0 aliphatic carbocycles. The number of carbonyl (C=O) groups is 1. The van der Waals surface area contributed by atoms with Gasteiger partial charge in [-0.3, -0.25) is 9.00 Å². The van der Waals surface area contributed by atoms with E-state index in [1.54, 1.807) is 0 Å². The van der Waals surface area contributed by atoms with Crippen molar-refractivity contribution in [1.29, 1.82) is 0 Å². The predicted octanol–water partition coefficient (Wildman–Crippen LogP) is 0.387. The van der Waals surface area contributed by atoms with Crippen molar-refractivity contribution in [3.63, 3.8) is 0 Å². The van der Waals surface area contributed by atoms with Crippen LogP contribution in [0, 0.1) is 5.92 Å². The van der Waals surface area contributed by atoms with Gasteiger partial charge in [-0.2, -0.15) is 0 Å². The number of hydrogen-bond acceptors (Lipinski definition) is 3. The van der Waals surface area contributed by atoms with Gasteiger partial charge in [-0.25, -0.2) is 0 Å². The molecule has 0 aromatic rings. The van der Waals surface area contributed by atoms with E-state index in [2.05, 4.69) is 19.2 Å². The average molecular weight is 246 g/mol. The van der Waals surface area contributed by atoms with Crippen LogP contribution in [0.25, 0.3) is 0 Å². The molecule has 1 atom stereocenters. The summed E-state index contributed by atoms with van der Waals surface area (Å²) in [7, 11) is -0.678. The summed E-state index contributed by atoms with van der Waals surface area (Å²) in [6, 6.07) is -0.240. The van der Waals surface area contributed by atoms with Gasteiger partial charge < -0.3 is 11.1 Å². The topological polar surface area (TPSA) is 72.2 Å². The third kappa shape index (κ3) is 4.61. The molecule has 1 fully saturated rings. The number of amides is 1. The Morgan fingerprint density at radius 3 is 2.50 bits per heavy atom. The Morgan fingerprint density at radius 2 is 2.00 bits per heavy atom. The van der Waals surface area contributed by atoms with E-state index in [9.17, 15) is 9.00 Å². The highest BCUT2D eigenvalue weighted by atomic mass is 32.2. The van der Waals surface area contributed by atoms with Gasteiger partial charge >= 0.3 is 0 Å². The van der Waals surface area contributed by atoms with Crippen LogP contribution in [0.5, 0.6) is 0 Å². The lowest BCUT2D eigenvalue weighted by molar-refractivity contribution is -0.123. The molecule has 94 valence electrons. The van der Waals surface area contributed by atoms with Crippen LogP contribution in [0.1, 0.15) is 33.1 Å². The minimum Gasteiger partial charge on any atom is -0.352 e. The van der Waals surface area contributed by atoms with Gasteiger partial charge in [-0.15, -0.1) is 0 Å². The SMILES string of the molecule is CC(C)C[C@H](N)C(=O)NC1CCS(=O)CC1. The minimum atomic E-state index is -0.678. The zero-order valence-electron chi connectivity index (χ0n) is 10.1. The molecular formula is C11H22N2O2S. The molecule has 0 bridgehead atoms. The first-order chi connectivity index (χ1) is 7.49. The molecule has 0 saturated carbocycles. The molecule has 1 aliphatic heterocycles. The molecule has 1 amide bonds. The number of rotatable bonds is 4. The fourth-order valence-corrected chi connectivity index (χ4v) is 3.16. The zero-order chi connectivity index (χ0) is 12.1. The molecule has 16 heavy (non-hydrogen) atoms. The fourth-order valence-electron chi connectivity index (χ4n) is 1.86. The van der Waals surface area contributed by atoms with Crippen molar-refractivity contribution >= 4 is 16.7 Å². The second-order valence-electron chi connectivity index (χ2n) is 4.87. The predicted molar refractivity (Wildman–Crippen MR) is 66.5 cm³/mol. The van der Waals surface area contributed by atoms with Crippen LogP contribution in [0.2, 0.25) is 0 Å². The Bertz CT molecular complexity index is 259. The van der Waals surface area contributed by atoms with Gasteiger partial charge in [0.25, 0.3) is 0 Å². The highest BCUT2D eigenvalue weighted by Gasteiger charge is 2.22. The number of hydrogen-bond donors (Lipinski definition) is 2. The normalized spacial score (nSPS) is 27.8. The van der Waals surface area contributed by atoms with Crippen molar-refractivity contribution in [2.45, 2.75) is 45.2 Å². The van der Waals surface area contributed by atoms with Gasteiger partial charge in [0.2, 0.25) is 5.91 Å². The number of carbonyl (C=O) groups excluding carboxylic acids is 1. The van der Waals surface area contributed by atoms with Crippen molar-refractivity contribution in [2.75, 3.05) is 11.5 Å². The van der Waals surface area contributed by atoms with Gasteiger partial charge in [0.1, 0.15) is 0 Å². The monoisotopic (exact) mass is 246 g/mol. The summed E-state index contributed by atoms with van der Waals surface area (Å²) in [5, 5.41) is 2.95. The van der Waals surface area contributed by atoms with Crippen molar-refractivity contribution in [3.05, 3.63) is 0 Å². The van der Waals surface area contributed by atoms with Gasteiger partial charge in [-0.1, -0.05) is 13.8 Å². The van der Waals surface area contributed by atoms with Gasteiger partial charge in [0.05, 0.1) is 6.04 Å². The molecule has 0 aromatic carbocycles. The third-order valence-corrected chi connectivity index (χ3v) is 4.18. The Balaban J connectivity index is 2.30. The maximum Gasteiger partial charge on any atom is 0.237 e. The molecule has 1 aliphatic rings. The molecule has 1 rings (SSSR count). The minimum absolute atomic E-state index is 0.0635. The van der Waals surface area contributed by atoms with E-state index < -0.39 is 16.8 Å². The Hall–Kier alpha value is -0.420. The van der Waals surface area contributed by atoms with Crippen molar-refractivity contribution in [1.82, 2.24) is 5.32 Å². The summed E-state index contributed by atoms with van der Waals surface area (Å²) in [5.74, 6) is 1.76. The second kappa shape index (κ2) is 6.35. The molecule has 0 radical (unpaired) electrons. The molecule has 5 heteroatoms. The smallest absolute Gasteiger partial charge is 0.237 e. The molecule has 4 nitrogen and oxygen atoms in total. The zero-order valence-corrected chi connectivity index (χ0v) is 10.9. The van der Waals surface area contributed by atoms with E-state index in [-0.39, 0.29) is 11.9 Å². The quantitative estimate of drug-likeness (QED) is 0.753. The highest BCUT2D eigenvalue weighted by molar-refractivity contribution is 7.85. The van der Waals surface area contributed by atoms with Crippen LogP contribution in [-0.4, -0.2) is 33.7 Å². The van der Waals surface area contributed by atoms with Crippen LogP contribution in [-0.2, 0) is 15.6 Å². The second-order valence-corrected chi connectivity index (χ2v) is 6.56. The first kappa shape index (κ1) is 13.6. The molecule has 0 aromatic heterocycles. The Kier molecular flexibility index (Phi) is 5.41. The average Bonchev–Trinajstić information content (AvgIpc) is 2.20. The molecule has 0 spiro atoms. The van der Waals surface area contributed by atoms with E-state index in [1.807, 2.05) is 0 Å². The maximum absolute atomic E-state index is 11.7. The fraction of sp³-hybridized carbons (Fsp3) is 0.909. The van der Waals surface area contributed by atoms with E-state index in [0.717, 1.165) is 12.8 Å². The lowest BCUT2D eigenvalue weighted by Gasteiger charge is -2.24. The van der Waals surface area contributed by atoms with Crippen LogP contribution in [0.15, 0.2) is 0 Å². The number of nitrogens with two attached hydrogens (primary N) is 1. The van der Waals surface area contributed by atoms with Crippen molar-refractivity contribution < 1.29 is 9.00 Å². The summed E-state index contributed by atoms with van der Waals surface area (Å²) >= 11 is 0. The van der Waals surface area contributed by atoms with E-state index in [4.69, 9.17) is 5.73 Å². The summed E-state index contributed by atoms with van der Waals surface area (Å²) in [5.41, 5.74) is 5.79. The van der Waals surface area contributed by atoms with Crippen LogP contribution < -0.4 is 11.1 Å². The first-order valence-electron chi connectivity index (χ1n) is 5.90. The molecule has 1 heterocycles. The summed E-state index contributed by atoms with van der Waals surface area (Å²) in [6.07, 6.45) is 2.34. The first-order valence-corrected chi connectivity index (χ1v) is 7.38. The highest BCUT2D eigenvalue weighted by Crippen LogP contribution is 2.10.